The molecule has 1 aliphatic carbocycles. The maximum absolute atomic E-state index is 8.58. The lowest BCUT2D eigenvalue weighted by Gasteiger charge is -2.14. The minimum atomic E-state index is 0.0975. The van der Waals surface area contributed by atoms with Gasteiger partial charge in [-0.25, -0.2) is 0 Å². The maximum atomic E-state index is 8.58. The summed E-state index contributed by atoms with van der Waals surface area (Å²) in [5.41, 5.74) is 2.85. The SMILES string of the molecule is OCCOCCNC1CCc2cc(Br)ccc21. The molecule has 1 unspecified atom stereocenters. The van der Waals surface area contributed by atoms with Crippen molar-refractivity contribution in [2.24, 2.45) is 0 Å². The van der Waals surface area contributed by atoms with Gasteiger partial charge in [-0.15, -0.1) is 0 Å². The zero-order valence-electron chi connectivity index (χ0n) is 9.79. The van der Waals surface area contributed by atoms with Gasteiger partial charge in [-0.2, -0.15) is 0 Å². The van der Waals surface area contributed by atoms with Gasteiger partial charge in [0.1, 0.15) is 0 Å². The molecule has 2 rings (SSSR count). The lowest BCUT2D eigenvalue weighted by molar-refractivity contribution is 0.0926. The number of aryl methyl sites for hydroxylation is 1. The standard InChI is InChI=1S/C13H18BrNO2/c14-11-2-3-12-10(9-11)1-4-13(12)15-5-7-17-8-6-16/h2-3,9,13,15-16H,1,4-8H2. The second kappa shape index (κ2) is 6.50. The molecule has 0 bridgehead atoms. The van der Waals surface area contributed by atoms with E-state index < -0.39 is 0 Å². The van der Waals surface area contributed by atoms with Crippen LogP contribution < -0.4 is 5.32 Å². The van der Waals surface area contributed by atoms with Crippen molar-refractivity contribution in [1.29, 1.82) is 0 Å². The van der Waals surface area contributed by atoms with E-state index in [0.717, 1.165) is 23.9 Å². The number of halogens is 1. The van der Waals surface area contributed by atoms with Crippen molar-refractivity contribution < 1.29 is 9.84 Å². The summed E-state index contributed by atoms with van der Waals surface area (Å²) < 4.78 is 6.39. The average molecular weight is 300 g/mol. The molecule has 0 aromatic heterocycles. The summed E-state index contributed by atoms with van der Waals surface area (Å²) in [4.78, 5) is 0. The van der Waals surface area contributed by atoms with Crippen molar-refractivity contribution in [2.45, 2.75) is 18.9 Å². The second-order valence-electron chi connectivity index (χ2n) is 4.22. The van der Waals surface area contributed by atoms with E-state index in [2.05, 4.69) is 39.4 Å². The number of rotatable bonds is 6. The van der Waals surface area contributed by atoms with Crippen LogP contribution in [-0.2, 0) is 11.2 Å². The van der Waals surface area contributed by atoms with Crippen LogP contribution in [0.5, 0.6) is 0 Å². The van der Waals surface area contributed by atoms with Gasteiger partial charge in [0, 0.05) is 17.1 Å². The summed E-state index contributed by atoms with van der Waals surface area (Å²) in [5, 5.41) is 12.1. The second-order valence-corrected chi connectivity index (χ2v) is 5.14. The first-order valence-corrected chi connectivity index (χ1v) is 6.81. The molecule has 0 radical (unpaired) electrons. The fourth-order valence-electron chi connectivity index (χ4n) is 2.27. The maximum Gasteiger partial charge on any atom is 0.0698 e. The lowest BCUT2D eigenvalue weighted by Crippen LogP contribution is -2.24. The van der Waals surface area contributed by atoms with Crippen LogP contribution in [0.25, 0.3) is 0 Å². The molecular formula is C13H18BrNO2. The smallest absolute Gasteiger partial charge is 0.0698 e. The molecule has 1 aliphatic rings. The van der Waals surface area contributed by atoms with Gasteiger partial charge in [0.15, 0.2) is 0 Å². The first-order chi connectivity index (χ1) is 8.31. The third kappa shape index (κ3) is 3.52. The summed E-state index contributed by atoms with van der Waals surface area (Å²) in [6.45, 7) is 2.01. The van der Waals surface area contributed by atoms with E-state index in [-0.39, 0.29) is 6.61 Å². The van der Waals surface area contributed by atoms with E-state index in [1.807, 2.05) is 0 Å². The minimum absolute atomic E-state index is 0.0975. The number of hydrogen-bond donors (Lipinski definition) is 2. The molecule has 0 saturated carbocycles. The Kier molecular flexibility index (Phi) is 4.98. The Balaban J connectivity index is 1.81. The van der Waals surface area contributed by atoms with Crippen molar-refractivity contribution in [1.82, 2.24) is 5.32 Å². The topological polar surface area (TPSA) is 41.5 Å². The molecule has 94 valence electrons. The van der Waals surface area contributed by atoms with Crippen LogP contribution in [0.3, 0.4) is 0 Å². The number of aliphatic hydroxyl groups is 1. The van der Waals surface area contributed by atoms with Gasteiger partial charge in [0.2, 0.25) is 0 Å². The summed E-state index contributed by atoms with van der Waals surface area (Å²) in [6, 6.07) is 6.95. The Morgan fingerprint density at radius 1 is 1.41 bits per heavy atom. The van der Waals surface area contributed by atoms with E-state index in [1.165, 1.54) is 11.1 Å². The molecule has 1 aromatic rings. The number of hydrogen-bond acceptors (Lipinski definition) is 3. The van der Waals surface area contributed by atoms with E-state index in [4.69, 9.17) is 9.84 Å². The van der Waals surface area contributed by atoms with Crippen LogP contribution >= 0.6 is 15.9 Å². The Bertz CT molecular complexity index is 370. The average Bonchev–Trinajstić information content (AvgIpc) is 2.71. The summed E-state index contributed by atoms with van der Waals surface area (Å²) in [7, 11) is 0. The highest BCUT2D eigenvalue weighted by Gasteiger charge is 2.21. The van der Waals surface area contributed by atoms with Gasteiger partial charge < -0.3 is 15.2 Å². The molecule has 0 amide bonds. The molecule has 1 atom stereocenters. The summed E-state index contributed by atoms with van der Waals surface area (Å²) in [5.74, 6) is 0. The highest BCUT2D eigenvalue weighted by atomic mass is 79.9. The number of aliphatic hydroxyl groups excluding tert-OH is 1. The fraction of sp³-hybridized carbons (Fsp3) is 0.538. The van der Waals surface area contributed by atoms with Crippen LogP contribution in [0.15, 0.2) is 22.7 Å². The van der Waals surface area contributed by atoms with Crippen molar-refractivity contribution >= 4 is 15.9 Å². The molecule has 0 spiro atoms. The summed E-state index contributed by atoms with van der Waals surface area (Å²) in [6.07, 6.45) is 2.30. The molecule has 17 heavy (non-hydrogen) atoms. The Labute approximate surface area is 110 Å². The predicted octanol–water partition coefficient (Wildman–Crippen LogP) is 2.03. The zero-order valence-corrected chi connectivity index (χ0v) is 11.4. The number of ether oxygens (including phenoxy) is 1. The highest BCUT2D eigenvalue weighted by molar-refractivity contribution is 9.10. The molecule has 4 heteroatoms. The van der Waals surface area contributed by atoms with Crippen molar-refractivity contribution in [2.75, 3.05) is 26.4 Å². The highest BCUT2D eigenvalue weighted by Crippen LogP contribution is 2.32. The summed E-state index contributed by atoms with van der Waals surface area (Å²) >= 11 is 3.50. The minimum Gasteiger partial charge on any atom is -0.394 e. The number of fused-ring (bicyclic) bond motifs is 1. The molecular weight excluding hydrogens is 282 g/mol. The third-order valence-corrected chi connectivity index (χ3v) is 3.55. The van der Waals surface area contributed by atoms with Crippen LogP contribution in [0, 0.1) is 0 Å². The van der Waals surface area contributed by atoms with Gasteiger partial charge in [0.05, 0.1) is 19.8 Å². The van der Waals surface area contributed by atoms with Crippen LogP contribution in [0.2, 0.25) is 0 Å². The van der Waals surface area contributed by atoms with Gasteiger partial charge in [-0.1, -0.05) is 22.0 Å². The molecule has 1 aromatic carbocycles. The largest absolute Gasteiger partial charge is 0.394 e. The first-order valence-electron chi connectivity index (χ1n) is 6.01. The zero-order chi connectivity index (χ0) is 12.1. The molecule has 0 aliphatic heterocycles. The fourth-order valence-corrected chi connectivity index (χ4v) is 2.68. The van der Waals surface area contributed by atoms with Crippen molar-refractivity contribution in [3.8, 4) is 0 Å². The molecule has 0 fully saturated rings. The third-order valence-electron chi connectivity index (χ3n) is 3.06. The van der Waals surface area contributed by atoms with E-state index in [9.17, 15) is 0 Å². The Morgan fingerprint density at radius 3 is 3.12 bits per heavy atom. The lowest BCUT2D eigenvalue weighted by atomic mass is 10.1. The predicted molar refractivity (Wildman–Crippen MR) is 71.1 cm³/mol. The number of nitrogens with one attached hydrogen (secondary N) is 1. The monoisotopic (exact) mass is 299 g/mol. The Morgan fingerprint density at radius 2 is 2.29 bits per heavy atom. The first kappa shape index (κ1) is 13.0. The van der Waals surface area contributed by atoms with E-state index in [0.29, 0.717) is 19.3 Å². The van der Waals surface area contributed by atoms with Gasteiger partial charge in [-0.3, -0.25) is 0 Å². The quantitative estimate of drug-likeness (QED) is 0.790. The van der Waals surface area contributed by atoms with Gasteiger partial charge in [0.25, 0.3) is 0 Å². The molecule has 3 nitrogen and oxygen atoms in total. The number of benzene rings is 1. The molecule has 0 saturated heterocycles. The van der Waals surface area contributed by atoms with E-state index >= 15 is 0 Å². The molecule has 0 heterocycles. The van der Waals surface area contributed by atoms with Crippen LogP contribution in [0.1, 0.15) is 23.6 Å². The van der Waals surface area contributed by atoms with Crippen LogP contribution in [-0.4, -0.2) is 31.5 Å². The van der Waals surface area contributed by atoms with Crippen molar-refractivity contribution in [3.05, 3.63) is 33.8 Å². The van der Waals surface area contributed by atoms with Gasteiger partial charge >= 0.3 is 0 Å². The normalized spacial score (nSPS) is 18.4. The molecule has 2 N–H and O–H groups in total. The Hall–Kier alpha value is -0.420. The van der Waals surface area contributed by atoms with Crippen molar-refractivity contribution in [3.63, 3.8) is 0 Å². The van der Waals surface area contributed by atoms with Gasteiger partial charge in [-0.05, 0) is 36.1 Å². The van der Waals surface area contributed by atoms with E-state index in [1.54, 1.807) is 0 Å². The van der Waals surface area contributed by atoms with Crippen LogP contribution in [0.4, 0.5) is 0 Å².